The molecule has 30 heavy (non-hydrogen) atoms. The number of benzene rings is 2. The van der Waals surface area contributed by atoms with Crippen molar-refractivity contribution in [2.45, 2.75) is 31.9 Å². The lowest BCUT2D eigenvalue weighted by atomic mass is 9.90. The van der Waals surface area contributed by atoms with E-state index >= 15 is 0 Å². The molecule has 1 amide bonds. The normalized spacial score (nSPS) is 12.6. The number of halogens is 7. The van der Waals surface area contributed by atoms with Gasteiger partial charge in [0, 0.05) is 16.8 Å². The Kier molecular flexibility index (Phi) is 5.88. The molecule has 0 aliphatic heterocycles. The number of aromatic carboxylic acids is 1. The van der Waals surface area contributed by atoms with Crippen molar-refractivity contribution >= 4 is 17.6 Å². The molecule has 2 aromatic carbocycles. The summed E-state index contributed by atoms with van der Waals surface area (Å²) in [4.78, 5) is 23.3. The van der Waals surface area contributed by atoms with Gasteiger partial charge in [0.2, 0.25) is 0 Å². The van der Waals surface area contributed by atoms with Crippen LogP contribution in [0.3, 0.4) is 0 Å². The fourth-order valence-electron chi connectivity index (χ4n) is 2.83. The first-order valence-electron chi connectivity index (χ1n) is 8.18. The van der Waals surface area contributed by atoms with Gasteiger partial charge in [0.05, 0.1) is 5.56 Å². The fraction of sp³-hybridized carbons (Fsp3) is 0.263. The molecule has 2 rings (SSSR count). The zero-order valence-corrected chi connectivity index (χ0v) is 15.4. The summed E-state index contributed by atoms with van der Waals surface area (Å²) in [6, 6.07) is 5.52. The van der Waals surface area contributed by atoms with Gasteiger partial charge in [-0.15, -0.1) is 0 Å². The molecule has 0 saturated heterocycles. The van der Waals surface area contributed by atoms with Crippen molar-refractivity contribution in [3.63, 3.8) is 0 Å². The molecule has 11 heteroatoms. The van der Waals surface area contributed by atoms with E-state index in [1.165, 1.54) is 18.2 Å². The van der Waals surface area contributed by atoms with Gasteiger partial charge in [0.1, 0.15) is 0 Å². The number of carboxylic acid groups (broad SMARTS) is 1. The van der Waals surface area contributed by atoms with E-state index in [0.29, 0.717) is 12.1 Å². The molecule has 0 saturated carbocycles. The summed E-state index contributed by atoms with van der Waals surface area (Å²) in [7, 11) is 0. The molecule has 162 valence electrons. The highest BCUT2D eigenvalue weighted by molar-refractivity contribution is 6.06. The Bertz CT molecular complexity index is 959. The van der Waals surface area contributed by atoms with Gasteiger partial charge in [-0.25, -0.2) is 9.18 Å². The quantitative estimate of drug-likeness (QED) is 0.617. The van der Waals surface area contributed by atoms with Gasteiger partial charge in [-0.3, -0.25) is 4.79 Å². The van der Waals surface area contributed by atoms with Crippen molar-refractivity contribution in [1.82, 2.24) is 0 Å². The Morgan fingerprint density at radius 1 is 0.833 bits per heavy atom. The minimum absolute atomic E-state index is 0.108. The van der Waals surface area contributed by atoms with Crippen LogP contribution in [0.15, 0.2) is 36.4 Å². The van der Waals surface area contributed by atoms with E-state index in [9.17, 15) is 40.3 Å². The zero-order chi connectivity index (χ0) is 23.1. The number of carbonyl (C=O) groups is 2. The highest BCUT2D eigenvalue weighted by atomic mass is 19.4. The maximum Gasteiger partial charge on any atom is 0.435 e. The third-order valence-corrected chi connectivity index (χ3v) is 4.32. The maximum absolute atomic E-state index is 14.3. The van der Waals surface area contributed by atoms with E-state index in [1.54, 1.807) is 0 Å². The van der Waals surface area contributed by atoms with E-state index in [2.05, 4.69) is 5.32 Å². The molecule has 0 fully saturated rings. The van der Waals surface area contributed by atoms with E-state index in [-0.39, 0.29) is 27.9 Å². The predicted molar refractivity (Wildman–Crippen MR) is 92.2 cm³/mol. The number of nitrogens with one attached hydrogen (secondary N) is 1. The lowest BCUT2D eigenvalue weighted by molar-refractivity contribution is -0.348. The largest absolute Gasteiger partial charge is 0.478 e. The summed E-state index contributed by atoms with van der Waals surface area (Å²) in [5.41, 5.74) is -8.19. The van der Waals surface area contributed by atoms with E-state index in [1.807, 2.05) is 0 Å². The minimum Gasteiger partial charge on any atom is -0.478 e. The van der Waals surface area contributed by atoms with Crippen LogP contribution in [0.25, 0.3) is 0 Å². The Morgan fingerprint density at radius 3 is 1.73 bits per heavy atom. The molecule has 0 spiro atoms. The van der Waals surface area contributed by atoms with Crippen LogP contribution in [-0.4, -0.2) is 29.3 Å². The molecule has 4 nitrogen and oxygen atoms in total. The first-order chi connectivity index (χ1) is 13.6. The van der Waals surface area contributed by atoms with Crippen molar-refractivity contribution in [2.24, 2.45) is 0 Å². The number of anilines is 1. The van der Waals surface area contributed by atoms with Crippen LogP contribution >= 0.6 is 0 Å². The molecular formula is C19H14F7NO3. The van der Waals surface area contributed by atoms with Crippen molar-refractivity contribution in [1.29, 1.82) is 0 Å². The molecule has 0 unspecified atom stereocenters. The van der Waals surface area contributed by atoms with Crippen LogP contribution in [-0.2, 0) is 5.67 Å². The molecular weight excluding hydrogens is 423 g/mol. The van der Waals surface area contributed by atoms with E-state index in [4.69, 9.17) is 5.11 Å². The van der Waals surface area contributed by atoms with Gasteiger partial charge in [0.15, 0.2) is 0 Å². The topological polar surface area (TPSA) is 66.4 Å². The monoisotopic (exact) mass is 437 g/mol. The van der Waals surface area contributed by atoms with E-state index < -0.39 is 35.5 Å². The highest BCUT2D eigenvalue weighted by Crippen LogP contribution is 2.53. The predicted octanol–water partition coefficient (Wildman–Crippen LogP) is 5.54. The number of aryl methyl sites for hydroxylation is 2. The average molecular weight is 437 g/mol. The third-order valence-electron chi connectivity index (χ3n) is 4.32. The van der Waals surface area contributed by atoms with Gasteiger partial charge in [0.25, 0.3) is 5.91 Å². The van der Waals surface area contributed by atoms with Crippen LogP contribution in [0.4, 0.5) is 36.4 Å². The molecule has 0 radical (unpaired) electrons. The highest BCUT2D eigenvalue weighted by Gasteiger charge is 2.73. The van der Waals surface area contributed by atoms with Gasteiger partial charge in [-0.05, 0) is 43.2 Å². The molecule has 0 bridgehead atoms. The second-order valence-corrected chi connectivity index (χ2v) is 6.48. The molecule has 0 heterocycles. The zero-order valence-electron chi connectivity index (χ0n) is 15.4. The lowest BCUT2D eigenvalue weighted by Crippen LogP contribution is -2.50. The summed E-state index contributed by atoms with van der Waals surface area (Å²) in [5.74, 6) is -2.16. The number of carboxylic acids is 1. The summed E-state index contributed by atoms with van der Waals surface area (Å²) in [5, 5.41) is 11.3. The third kappa shape index (κ3) is 4.10. The number of carbonyl (C=O) groups excluding carboxylic acids is 1. The van der Waals surface area contributed by atoms with Crippen molar-refractivity contribution < 1.29 is 45.4 Å². The second kappa shape index (κ2) is 7.62. The Hall–Kier alpha value is -3.11. The number of alkyl halides is 7. The summed E-state index contributed by atoms with van der Waals surface area (Å²) in [6.45, 7) is 2.21. The first kappa shape index (κ1) is 23.2. The molecule has 0 aliphatic rings. The fourth-order valence-corrected chi connectivity index (χ4v) is 2.83. The maximum atomic E-state index is 14.3. The van der Waals surface area contributed by atoms with Crippen LogP contribution in [0, 0.1) is 13.8 Å². The summed E-state index contributed by atoms with van der Waals surface area (Å²) >= 11 is 0. The lowest BCUT2D eigenvalue weighted by Gasteiger charge is -2.31. The Balaban J connectivity index is 2.48. The molecule has 2 N–H and O–H groups in total. The number of hydrogen-bond donors (Lipinski definition) is 2. The molecule has 0 atom stereocenters. The summed E-state index contributed by atoms with van der Waals surface area (Å²) in [6.07, 6.45) is -12.5. The Labute approximate surface area is 165 Å². The van der Waals surface area contributed by atoms with Gasteiger partial charge < -0.3 is 10.4 Å². The Morgan fingerprint density at radius 2 is 1.30 bits per heavy atom. The van der Waals surface area contributed by atoms with Crippen LogP contribution < -0.4 is 5.32 Å². The number of hydrogen-bond acceptors (Lipinski definition) is 2. The number of rotatable bonds is 4. The van der Waals surface area contributed by atoms with E-state index in [0.717, 1.165) is 19.9 Å². The second-order valence-electron chi connectivity index (χ2n) is 6.48. The first-order valence-corrected chi connectivity index (χ1v) is 8.18. The smallest absolute Gasteiger partial charge is 0.435 e. The van der Waals surface area contributed by atoms with Gasteiger partial charge in [-0.1, -0.05) is 18.2 Å². The van der Waals surface area contributed by atoms with Crippen LogP contribution in [0.5, 0.6) is 0 Å². The van der Waals surface area contributed by atoms with Crippen LogP contribution in [0.1, 0.15) is 37.4 Å². The molecule has 0 aliphatic carbocycles. The average Bonchev–Trinajstić information content (AvgIpc) is 2.61. The number of amides is 1. The standard InChI is InChI=1S/C19H14F7NO3/c1-9-6-13(17(20,18(21,22)23)19(24,25)26)7-10(2)14(9)27-15(28)11-4-3-5-12(8-11)16(29)30/h3-8H,1-2H3,(H,27,28)(H,29,30). The van der Waals surface area contributed by atoms with Crippen LogP contribution in [0.2, 0.25) is 0 Å². The van der Waals surface area contributed by atoms with Crippen molar-refractivity contribution in [2.75, 3.05) is 5.32 Å². The SMILES string of the molecule is Cc1cc(C(F)(C(F)(F)F)C(F)(F)F)cc(C)c1NC(=O)c1cccc(C(=O)O)c1. The van der Waals surface area contributed by atoms with Gasteiger partial charge in [-0.2, -0.15) is 26.3 Å². The summed E-state index contributed by atoms with van der Waals surface area (Å²) < 4.78 is 92.1. The van der Waals surface area contributed by atoms with Gasteiger partial charge >= 0.3 is 24.0 Å². The molecule has 0 aromatic heterocycles. The molecule has 2 aromatic rings. The van der Waals surface area contributed by atoms with Crippen molar-refractivity contribution in [3.05, 3.63) is 64.2 Å². The van der Waals surface area contributed by atoms with Crippen molar-refractivity contribution in [3.8, 4) is 0 Å². The minimum atomic E-state index is -6.26.